The highest BCUT2D eigenvalue weighted by Gasteiger charge is 2.31. The van der Waals surface area contributed by atoms with Crippen LogP contribution in [0.5, 0.6) is 0 Å². The molecule has 0 amide bonds. The summed E-state index contributed by atoms with van der Waals surface area (Å²) in [7, 11) is 0. The summed E-state index contributed by atoms with van der Waals surface area (Å²) >= 11 is 7.93. The molecule has 1 aliphatic carbocycles. The van der Waals surface area contributed by atoms with Crippen LogP contribution in [0.2, 0.25) is 4.34 Å². The molecule has 3 heteroatoms. The van der Waals surface area contributed by atoms with Crippen LogP contribution in [-0.2, 0) is 0 Å². The highest BCUT2D eigenvalue weighted by molar-refractivity contribution is 7.16. The Kier molecular flexibility index (Phi) is 6.38. The van der Waals surface area contributed by atoms with E-state index >= 15 is 0 Å². The minimum Gasteiger partial charge on any atom is -0.316 e. The Bertz CT molecular complexity index is 401. The van der Waals surface area contributed by atoms with Gasteiger partial charge in [-0.1, -0.05) is 45.2 Å². The van der Waals surface area contributed by atoms with Crippen molar-refractivity contribution < 1.29 is 0 Å². The van der Waals surface area contributed by atoms with E-state index in [2.05, 4.69) is 38.2 Å². The van der Waals surface area contributed by atoms with Crippen LogP contribution < -0.4 is 5.32 Å². The van der Waals surface area contributed by atoms with Gasteiger partial charge in [-0.3, -0.25) is 0 Å². The molecule has 2 rings (SSSR count). The zero-order chi connectivity index (χ0) is 14.5. The van der Waals surface area contributed by atoms with Crippen molar-refractivity contribution in [3.63, 3.8) is 0 Å². The Balaban J connectivity index is 2.00. The van der Waals surface area contributed by atoms with Crippen molar-refractivity contribution in [3.8, 4) is 0 Å². The van der Waals surface area contributed by atoms with Gasteiger partial charge in [0.1, 0.15) is 0 Å². The monoisotopic (exact) mass is 313 g/mol. The molecular formula is C17H28ClNS. The normalized spacial score (nSPS) is 27.1. The topological polar surface area (TPSA) is 12.0 Å². The molecule has 3 unspecified atom stereocenters. The molecule has 0 saturated heterocycles. The van der Waals surface area contributed by atoms with Crippen molar-refractivity contribution in [1.29, 1.82) is 0 Å². The molecule has 1 aromatic rings. The quantitative estimate of drug-likeness (QED) is 0.725. The molecular weight excluding hydrogens is 286 g/mol. The number of halogens is 1. The highest BCUT2D eigenvalue weighted by Crippen LogP contribution is 2.44. The van der Waals surface area contributed by atoms with Gasteiger partial charge in [0.2, 0.25) is 0 Å². The fourth-order valence-corrected chi connectivity index (χ4v) is 4.64. The molecule has 114 valence electrons. The van der Waals surface area contributed by atoms with E-state index in [1.807, 2.05) is 0 Å². The first-order chi connectivity index (χ1) is 9.60. The molecule has 0 aliphatic heterocycles. The summed E-state index contributed by atoms with van der Waals surface area (Å²) in [4.78, 5) is 1.50. The molecule has 0 spiro atoms. The fourth-order valence-electron chi connectivity index (χ4n) is 3.37. The molecule has 3 atom stereocenters. The van der Waals surface area contributed by atoms with Gasteiger partial charge in [0.05, 0.1) is 4.34 Å². The molecule has 0 aromatic carbocycles. The number of thiophene rings is 1. The molecule has 1 saturated carbocycles. The summed E-state index contributed by atoms with van der Waals surface area (Å²) in [6, 6.07) is 4.32. The van der Waals surface area contributed by atoms with Crippen LogP contribution >= 0.6 is 22.9 Å². The lowest BCUT2D eigenvalue weighted by atomic mass is 9.72. The minimum atomic E-state index is 0.714. The van der Waals surface area contributed by atoms with E-state index in [9.17, 15) is 0 Å². The minimum absolute atomic E-state index is 0.714. The first kappa shape index (κ1) is 16.3. The van der Waals surface area contributed by atoms with Gasteiger partial charge in [-0.15, -0.1) is 11.3 Å². The maximum Gasteiger partial charge on any atom is 0.0931 e. The average molecular weight is 314 g/mol. The van der Waals surface area contributed by atoms with Gasteiger partial charge in [-0.25, -0.2) is 0 Å². The number of nitrogens with one attached hydrogen (secondary N) is 1. The Morgan fingerprint density at radius 1 is 1.35 bits per heavy atom. The van der Waals surface area contributed by atoms with Crippen LogP contribution in [-0.4, -0.2) is 13.1 Å². The summed E-state index contributed by atoms with van der Waals surface area (Å²) < 4.78 is 0.938. The van der Waals surface area contributed by atoms with Crippen LogP contribution in [0.1, 0.15) is 57.2 Å². The predicted octanol–water partition coefficient (Wildman–Crippen LogP) is 5.56. The van der Waals surface area contributed by atoms with Crippen LogP contribution in [0.25, 0.3) is 0 Å². The summed E-state index contributed by atoms with van der Waals surface area (Å²) in [6.45, 7) is 9.18. The second-order valence-electron chi connectivity index (χ2n) is 6.65. The first-order valence-electron chi connectivity index (χ1n) is 8.06. The lowest BCUT2D eigenvalue weighted by molar-refractivity contribution is 0.226. The molecule has 20 heavy (non-hydrogen) atoms. The van der Waals surface area contributed by atoms with Gasteiger partial charge in [0.25, 0.3) is 0 Å². The third kappa shape index (κ3) is 4.47. The van der Waals surface area contributed by atoms with E-state index in [0.717, 1.165) is 35.2 Å². The van der Waals surface area contributed by atoms with Crippen molar-refractivity contribution in [2.45, 2.75) is 52.4 Å². The summed E-state index contributed by atoms with van der Waals surface area (Å²) in [6.07, 6.45) is 5.44. The van der Waals surface area contributed by atoms with Crippen molar-refractivity contribution >= 4 is 22.9 Å². The lowest BCUT2D eigenvalue weighted by Crippen LogP contribution is -2.33. The molecule has 0 radical (unpaired) electrons. The van der Waals surface area contributed by atoms with Crippen LogP contribution in [0.3, 0.4) is 0 Å². The van der Waals surface area contributed by atoms with E-state index in [1.165, 1.54) is 30.6 Å². The van der Waals surface area contributed by atoms with Crippen molar-refractivity contribution in [2.24, 2.45) is 17.8 Å². The zero-order valence-electron chi connectivity index (χ0n) is 13.0. The Labute approximate surface area is 133 Å². The predicted molar refractivity (Wildman–Crippen MR) is 90.9 cm³/mol. The number of hydrogen-bond donors (Lipinski definition) is 1. The second kappa shape index (κ2) is 7.82. The van der Waals surface area contributed by atoms with Gasteiger partial charge in [0.15, 0.2) is 0 Å². The SMILES string of the molecule is CCC1CCC(CNCC(C)C)C(c2ccc(Cl)s2)C1. The largest absolute Gasteiger partial charge is 0.316 e. The van der Waals surface area contributed by atoms with Crippen LogP contribution in [0.15, 0.2) is 12.1 Å². The maximum atomic E-state index is 6.15. The van der Waals surface area contributed by atoms with Gasteiger partial charge in [-0.05, 0) is 61.7 Å². The Morgan fingerprint density at radius 3 is 2.75 bits per heavy atom. The molecule has 1 heterocycles. The third-order valence-electron chi connectivity index (χ3n) is 4.60. The molecule has 1 fully saturated rings. The average Bonchev–Trinajstić information content (AvgIpc) is 2.85. The Morgan fingerprint density at radius 2 is 2.15 bits per heavy atom. The smallest absolute Gasteiger partial charge is 0.0931 e. The molecule has 1 N–H and O–H groups in total. The van der Waals surface area contributed by atoms with Crippen LogP contribution in [0.4, 0.5) is 0 Å². The lowest BCUT2D eigenvalue weighted by Gasteiger charge is -2.36. The summed E-state index contributed by atoms with van der Waals surface area (Å²) in [5, 5.41) is 3.67. The van der Waals surface area contributed by atoms with Gasteiger partial charge in [0, 0.05) is 4.88 Å². The van der Waals surface area contributed by atoms with E-state index in [-0.39, 0.29) is 0 Å². The van der Waals surface area contributed by atoms with Crippen molar-refractivity contribution in [2.75, 3.05) is 13.1 Å². The fraction of sp³-hybridized carbons (Fsp3) is 0.765. The molecule has 1 aromatic heterocycles. The number of hydrogen-bond acceptors (Lipinski definition) is 2. The van der Waals surface area contributed by atoms with Gasteiger partial charge in [-0.2, -0.15) is 0 Å². The first-order valence-corrected chi connectivity index (χ1v) is 9.25. The van der Waals surface area contributed by atoms with Crippen LogP contribution in [0, 0.1) is 17.8 Å². The van der Waals surface area contributed by atoms with E-state index in [1.54, 1.807) is 11.3 Å². The Hall–Kier alpha value is -0.0500. The maximum absolute atomic E-state index is 6.15. The second-order valence-corrected chi connectivity index (χ2v) is 8.39. The zero-order valence-corrected chi connectivity index (χ0v) is 14.6. The van der Waals surface area contributed by atoms with Gasteiger partial charge >= 0.3 is 0 Å². The standard InChI is InChI=1S/C17H28ClNS/c1-4-13-5-6-14(11-19-10-12(2)3)15(9-13)16-7-8-17(18)20-16/h7-8,12-15,19H,4-6,9-11H2,1-3H3. The third-order valence-corrected chi connectivity index (χ3v) is 5.96. The number of rotatable bonds is 6. The molecule has 0 bridgehead atoms. The summed E-state index contributed by atoms with van der Waals surface area (Å²) in [5.74, 6) is 3.14. The highest BCUT2D eigenvalue weighted by atomic mass is 35.5. The molecule has 1 aliphatic rings. The van der Waals surface area contributed by atoms with Gasteiger partial charge < -0.3 is 5.32 Å². The van der Waals surface area contributed by atoms with E-state index < -0.39 is 0 Å². The molecule has 1 nitrogen and oxygen atoms in total. The van der Waals surface area contributed by atoms with E-state index in [4.69, 9.17) is 11.6 Å². The van der Waals surface area contributed by atoms with E-state index in [0.29, 0.717) is 5.92 Å². The van der Waals surface area contributed by atoms with Crippen molar-refractivity contribution in [1.82, 2.24) is 5.32 Å². The summed E-state index contributed by atoms with van der Waals surface area (Å²) in [5.41, 5.74) is 0. The van der Waals surface area contributed by atoms with Crippen molar-refractivity contribution in [3.05, 3.63) is 21.3 Å².